The molecule has 0 aromatic heterocycles. The van der Waals surface area contributed by atoms with Crippen molar-refractivity contribution in [3.8, 4) is 5.75 Å². The molecule has 25 heavy (non-hydrogen) atoms. The van der Waals surface area contributed by atoms with Gasteiger partial charge in [0.1, 0.15) is 17.9 Å². The summed E-state index contributed by atoms with van der Waals surface area (Å²) in [7, 11) is 1.68. The van der Waals surface area contributed by atoms with E-state index in [0.717, 1.165) is 47.9 Å². The Morgan fingerprint density at radius 2 is 1.96 bits per heavy atom. The van der Waals surface area contributed by atoms with Crippen LogP contribution in [0.25, 0.3) is 0 Å². The monoisotopic (exact) mass is 353 g/mol. The van der Waals surface area contributed by atoms with Gasteiger partial charge in [0.25, 0.3) is 5.24 Å². The van der Waals surface area contributed by atoms with Gasteiger partial charge >= 0.3 is 0 Å². The van der Waals surface area contributed by atoms with Crippen LogP contribution in [0, 0.1) is 0 Å². The molecule has 2 unspecified atom stereocenters. The lowest BCUT2D eigenvalue weighted by Gasteiger charge is -2.27. The minimum Gasteiger partial charge on any atom is -0.490 e. The largest absolute Gasteiger partial charge is 0.490 e. The van der Waals surface area contributed by atoms with E-state index in [-0.39, 0.29) is 16.5 Å². The molecule has 0 N–H and O–H groups in total. The van der Waals surface area contributed by atoms with Gasteiger partial charge in [0.2, 0.25) is 5.12 Å². The Labute approximate surface area is 151 Å². The second-order valence-corrected chi connectivity index (χ2v) is 7.49. The third-order valence-electron chi connectivity index (χ3n) is 4.82. The average molecular weight is 353 g/mol. The predicted molar refractivity (Wildman–Crippen MR) is 97.8 cm³/mol. The summed E-state index contributed by atoms with van der Waals surface area (Å²) in [6, 6.07) is 15.7. The molecule has 0 radical (unpaired) electrons. The number of carbonyl (C=O) groups excluding carboxylic acids is 2. The standard InChI is InChI=1S/C20H19NO3S/c1-21-18(19(22)25-20(21)23)15-8-10-17-14(12-15)7-9-16(24-17)11-13-5-3-2-4-6-13/h2-6,8,10,12,16,18H,7,9,11H2,1H3. The molecule has 0 spiro atoms. The molecule has 2 heterocycles. The number of ether oxygens (including phenoxy) is 1. The van der Waals surface area contributed by atoms with Gasteiger partial charge in [0, 0.05) is 25.2 Å². The molecule has 2 aliphatic heterocycles. The molecule has 1 amide bonds. The van der Waals surface area contributed by atoms with E-state index in [1.165, 1.54) is 10.5 Å². The lowest BCUT2D eigenvalue weighted by molar-refractivity contribution is -0.113. The lowest BCUT2D eigenvalue weighted by Crippen LogP contribution is -2.26. The maximum Gasteiger partial charge on any atom is 0.289 e. The van der Waals surface area contributed by atoms with Crippen LogP contribution in [0.15, 0.2) is 48.5 Å². The first-order valence-electron chi connectivity index (χ1n) is 8.44. The van der Waals surface area contributed by atoms with Gasteiger partial charge in [-0.3, -0.25) is 9.59 Å². The molecule has 0 bridgehead atoms. The van der Waals surface area contributed by atoms with Crippen molar-refractivity contribution < 1.29 is 14.3 Å². The SMILES string of the molecule is CN1C(=O)SC(=O)C1c1ccc2c(c1)CCC(Cc1ccccc1)O2. The highest BCUT2D eigenvalue weighted by atomic mass is 32.2. The van der Waals surface area contributed by atoms with Crippen molar-refractivity contribution in [1.82, 2.24) is 4.90 Å². The normalized spacial score (nSPS) is 22.7. The molecule has 1 fully saturated rings. The number of nitrogens with zero attached hydrogens (tertiary/aromatic N) is 1. The van der Waals surface area contributed by atoms with E-state index in [0.29, 0.717) is 0 Å². The highest BCUT2D eigenvalue weighted by Gasteiger charge is 2.38. The van der Waals surface area contributed by atoms with Crippen LogP contribution in [0.5, 0.6) is 5.75 Å². The fraction of sp³-hybridized carbons (Fsp3) is 0.300. The van der Waals surface area contributed by atoms with Crippen LogP contribution in [-0.2, 0) is 17.6 Å². The topological polar surface area (TPSA) is 46.6 Å². The van der Waals surface area contributed by atoms with Crippen LogP contribution in [0.4, 0.5) is 4.79 Å². The summed E-state index contributed by atoms with van der Waals surface area (Å²) in [5.41, 5.74) is 3.27. The van der Waals surface area contributed by atoms with E-state index in [2.05, 4.69) is 12.1 Å². The molecule has 0 saturated carbocycles. The summed E-state index contributed by atoms with van der Waals surface area (Å²) in [5.74, 6) is 0.892. The smallest absolute Gasteiger partial charge is 0.289 e. The molecule has 4 nitrogen and oxygen atoms in total. The first-order valence-corrected chi connectivity index (χ1v) is 9.25. The number of benzene rings is 2. The first kappa shape index (κ1) is 16.2. The second kappa shape index (κ2) is 6.56. The van der Waals surface area contributed by atoms with Gasteiger partial charge in [0.05, 0.1) is 0 Å². The molecule has 4 rings (SSSR count). The van der Waals surface area contributed by atoms with Gasteiger partial charge in [-0.2, -0.15) is 0 Å². The maximum absolute atomic E-state index is 12.1. The molecule has 2 aromatic carbocycles. The van der Waals surface area contributed by atoms with Crippen LogP contribution in [0.1, 0.15) is 29.2 Å². The summed E-state index contributed by atoms with van der Waals surface area (Å²) in [6.07, 6.45) is 2.95. The molecular formula is C20H19NO3S. The van der Waals surface area contributed by atoms with E-state index in [1.54, 1.807) is 7.05 Å². The number of hydrogen-bond acceptors (Lipinski definition) is 4. The zero-order valence-corrected chi connectivity index (χ0v) is 14.8. The number of hydrogen-bond donors (Lipinski definition) is 0. The number of fused-ring (bicyclic) bond motifs is 1. The summed E-state index contributed by atoms with van der Waals surface area (Å²) >= 11 is 0.787. The van der Waals surface area contributed by atoms with Crippen molar-refractivity contribution in [2.45, 2.75) is 31.4 Å². The van der Waals surface area contributed by atoms with Crippen LogP contribution in [-0.4, -0.2) is 28.4 Å². The van der Waals surface area contributed by atoms with Gasteiger partial charge in [0.15, 0.2) is 0 Å². The number of amides is 1. The number of thioether (sulfide) groups is 1. The lowest BCUT2D eigenvalue weighted by atomic mass is 9.95. The van der Waals surface area contributed by atoms with Crippen molar-refractivity contribution in [3.05, 3.63) is 65.2 Å². The highest BCUT2D eigenvalue weighted by molar-refractivity contribution is 8.26. The number of aryl methyl sites for hydroxylation is 1. The quantitative estimate of drug-likeness (QED) is 0.837. The molecule has 5 heteroatoms. The number of likely N-dealkylation sites (N-methyl/N-ethyl adjacent to an activating group) is 1. The molecule has 2 atom stereocenters. The van der Waals surface area contributed by atoms with Crippen molar-refractivity contribution in [3.63, 3.8) is 0 Å². The predicted octanol–water partition coefficient (Wildman–Crippen LogP) is 3.99. The minimum atomic E-state index is -0.482. The van der Waals surface area contributed by atoms with Crippen LogP contribution < -0.4 is 4.74 Å². The Morgan fingerprint density at radius 3 is 2.68 bits per heavy atom. The summed E-state index contributed by atoms with van der Waals surface area (Å²) in [5, 5.41) is -0.293. The van der Waals surface area contributed by atoms with Gasteiger partial charge in [-0.15, -0.1) is 0 Å². The zero-order chi connectivity index (χ0) is 17.4. The minimum absolute atomic E-state index is 0.105. The third kappa shape index (κ3) is 3.16. The van der Waals surface area contributed by atoms with Crippen molar-refractivity contribution in [1.29, 1.82) is 0 Å². The molecule has 2 aliphatic rings. The molecule has 128 valence electrons. The summed E-state index contributed by atoms with van der Waals surface area (Å²) < 4.78 is 6.16. The molecule has 1 saturated heterocycles. The van der Waals surface area contributed by atoms with Gasteiger partial charge < -0.3 is 9.64 Å². The van der Waals surface area contributed by atoms with Crippen LogP contribution >= 0.6 is 11.8 Å². The highest BCUT2D eigenvalue weighted by Crippen LogP contribution is 2.38. The summed E-state index contributed by atoms with van der Waals surface area (Å²) in [4.78, 5) is 25.3. The molecular weight excluding hydrogens is 334 g/mol. The van der Waals surface area contributed by atoms with Gasteiger partial charge in [-0.1, -0.05) is 36.4 Å². The van der Waals surface area contributed by atoms with E-state index >= 15 is 0 Å². The second-order valence-electron chi connectivity index (χ2n) is 6.54. The van der Waals surface area contributed by atoms with Crippen LogP contribution in [0.3, 0.4) is 0 Å². The van der Waals surface area contributed by atoms with Crippen molar-refractivity contribution in [2.24, 2.45) is 0 Å². The Bertz CT molecular complexity index is 821. The fourth-order valence-electron chi connectivity index (χ4n) is 3.49. The van der Waals surface area contributed by atoms with E-state index < -0.39 is 6.04 Å². The Morgan fingerprint density at radius 1 is 1.16 bits per heavy atom. The maximum atomic E-state index is 12.1. The first-order chi connectivity index (χ1) is 12.1. The molecule has 0 aliphatic carbocycles. The molecule has 2 aromatic rings. The number of carbonyl (C=O) groups is 2. The Balaban J connectivity index is 1.52. The zero-order valence-electron chi connectivity index (χ0n) is 14.0. The van der Waals surface area contributed by atoms with Crippen molar-refractivity contribution >= 4 is 22.1 Å². The van der Waals surface area contributed by atoms with Gasteiger partial charge in [-0.05, 0) is 41.7 Å². The van der Waals surface area contributed by atoms with E-state index in [4.69, 9.17) is 4.74 Å². The third-order valence-corrected chi connectivity index (χ3v) is 5.71. The average Bonchev–Trinajstić information content (AvgIpc) is 2.87. The fourth-order valence-corrected chi connectivity index (χ4v) is 4.32. The summed E-state index contributed by atoms with van der Waals surface area (Å²) in [6.45, 7) is 0. The Kier molecular flexibility index (Phi) is 4.25. The van der Waals surface area contributed by atoms with E-state index in [9.17, 15) is 9.59 Å². The van der Waals surface area contributed by atoms with Crippen molar-refractivity contribution in [2.75, 3.05) is 7.05 Å². The van der Waals surface area contributed by atoms with Crippen LogP contribution in [0.2, 0.25) is 0 Å². The Hall–Kier alpha value is -2.27. The van der Waals surface area contributed by atoms with Gasteiger partial charge in [-0.25, -0.2) is 0 Å². The van der Waals surface area contributed by atoms with E-state index in [1.807, 2.05) is 36.4 Å². The number of rotatable bonds is 3.